The molecule has 0 spiro atoms. The van der Waals surface area contributed by atoms with Gasteiger partial charge in [-0.25, -0.2) is 9.59 Å². The molecule has 0 unspecified atom stereocenters. The SMILES string of the molecule is CCCNC(=O)Nc1ccc2c(c1)CN(C(=O)OC)CC2. The third kappa shape index (κ3) is 3.87. The number of hydrogen-bond donors (Lipinski definition) is 2. The van der Waals surface area contributed by atoms with Crippen molar-refractivity contribution in [3.8, 4) is 0 Å². The minimum absolute atomic E-state index is 0.211. The Morgan fingerprint density at radius 2 is 2.14 bits per heavy atom. The van der Waals surface area contributed by atoms with Crippen molar-refractivity contribution in [1.29, 1.82) is 0 Å². The van der Waals surface area contributed by atoms with Crippen LogP contribution in [0.4, 0.5) is 15.3 Å². The number of hydrogen-bond acceptors (Lipinski definition) is 3. The molecule has 2 rings (SSSR count). The molecule has 6 heteroatoms. The number of nitrogens with zero attached hydrogens (tertiary/aromatic N) is 1. The molecule has 1 aromatic carbocycles. The first kappa shape index (κ1) is 15.2. The highest BCUT2D eigenvalue weighted by Crippen LogP contribution is 2.23. The molecule has 0 aromatic heterocycles. The summed E-state index contributed by atoms with van der Waals surface area (Å²) in [6.07, 6.45) is 1.37. The van der Waals surface area contributed by atoms with Gasteiger partial charge in [0, 0.05) is 25.3 Å². The van der Waals surface area contributed by atoms with Crippen LogP contribution in [0.1, 0.15) is 24.5 Å². The monoisotopic (exact) mass is 291 g/mol. The van der Waals surface area contributed by atoms with Crippen molar-refractivity contribution in [1.82, 2.24) is 10.2 Å². The lowest BCUT2D eigenvalue weighted by Gasteiger charge is -2.28. The van der Waals surface area contributed by atoms with Crippen molar-refractivity contribution >= 4 is 17.8 Å². The average molecular weight is 291 g/mol. The van der Waals surface area contributed by atoms with Gasteiger partial charge < -0.3 is 20.3 Å². The maximum Gasteiger partial charge on any atom is 0.409 e. The molecule has 0 atom stereocenters. The van der Waals surface area contributed by atoms with Crippen molar-refractivity contribution in [2.75, 3.05) is 25.5 Å². The third-order valence-electron chi connectivity index (χ3n) is 3.44. The largest absolute Gasteiger partial charge is 0.453 e. The van der Waals surface area contributed by atoms with E-state index < -0.39 is 0 Å². The quantitative estimate of drug-likeness (QED) is 0.898. The molecule has 1 aliphatic heterocycles. The van der Waals surface area contributed by atoms with Gasteiger partial charge in [0.05, 0.1) is 7.11 Å². The van der Waals surface area contributed by atoms with Gasteiger partial charge in [0.25, 0.3) is 0 Å². The van der Waals surface area contributed by atoms with Crippen molar-refractivity contribution in [3.63, 3.8) is 0 Å². The summed E-state index contributed by atoms with van der Waals surface area (Å²) in [5.41, 5.74) is 2.98. The number of anilines is 1. The maximum absolute atomic E-state index is 11.7. The van der Waals surface area contributed by atoms with Crippen LogP contribution in [0.3, 0.4) is 0 Å². The number of urea groups is 1. The Hall–Kier alpha value is -2.24. The second kappa shape index (κ2) is 6.97. The molecule has 0 saturated heterocycles. The van der Waals surface area contributed by atoms with E-state index in [1.165, 1.54) is 12.7 Å². The van der Waals surface area contributed by atoms with E-state index in [-0.39, 0.29) is 12.1 Å². The lowest BCUT2D eigenvalue weighted by Crippen LogP contribution is -2.36. The first-order valence-electron chi connectivity index (χ1n) is 7.13. The van der Waals surface area contributed by atoms with Gasteiger partial charge in [0.15, 0.2) is 0 Å². The van der Waals surface area contributed by atoms with E-state index in [1.807, 2.05) is 25.1 Å². The van der Waals surface area contributed by atoms with Crippen molar-refractivity contribution in [2.45, 2.75) is 26.3 Å². The minimum atomic E-state index is -0.320. The minimum Gasteiger partial charge on any atom is -0.453 e. The normalized spacial score (nSPS) is 13.3. The molecule has 0 bridgehead atoms. The Balaban J connectivity index is 2.04. The van der Waals surface area contributed by atoms with Crippen molar-refractivity contribution < 1.29 is 14.3 Å². The van der Waals surface area contributed by atoms with Crippen LogP contribution >= 0.6 is 0 Å². The average Bonchev–Trinajstić information content (AvgIpc) is 2.51. The van der Waals surface area contributed by atoms with Crippen LogP contribution in [-0.2, 0) is 17.7 Å². The predicted molar refractivity (Wildman–Crippen MR) is 80.3 cm³/mol. The number of carbonyl (C=O) groups is 2. The molecule has 1 aliphatic rings. The molecular formula is C15H21N3O3. The maximum atomic E-state index is 11.7. The Labute approximate surface area is 124 Å². The molecule has 0 radical (unpaired) electrons. The number of amides is 3. The molecule has 1 aromatic rings. The summed E-state index contributed by atoms with van der Waals surface area (Å²) >= 11 is 0. The molecule has 0 saturated carbocycles. The fourth-order valence-corrected chi connectivity index (χ4v) is 2.33. The second-order valence-corrected chi connectivity index (χ2v) is 5.01. The first-order chi connectivity index (χ1) is 10.1. The number of nitrogens with one attached hydrogen (secondary N) is 2. The number of carbonyl (C=O) groups excluding carboxylic acids is 2. The molecule has 1 heterocycles. The van der Waals surface area contributed by atoms with E-state index in [9.17, 15) is 9.59 Å². The zero-order valence-electron chi connectivity index (χ0n) is 12.4. The summed E-state index contributed by atoms with van der Waals surface area (Å²) in [6.45, 7) is 3.81. The fourth-order valence-electron chi connectivity index (χ4n) is 2.33. The summed E-state index contributed by atoms with van der Waals surface area (Å²) in [5.74, 6) is 0. The van der Waals surface area contributed by atoms with Gasteiger partial charge in [0.2, 0.25) is 0 Å². The highest BCUT2D eigenvalue weighted by atomic mass is 16.5. The number of methoxy groups -OCH3 is 1. The molecule has 114 valence electrons. The smallest absolute Gasteiger partial charge is 0.409 e. The molecule has 0 aliphatic carbocycles. The van der Waals surface area contributed by atoms with Crippen LogP contribution in [0, 0.1) is 0 Å². The van der Waals surface area contributed by atoms with Crippen molar-refractivity contribution in [2.24, 2.45) is 0 Å². The van der Waals surface area contributed by atoms with Gasteiger partial charge in [-0.05, 0) is 36.1 Å². The number of benzene rings is 1. The molecule has 2 N–H and O–H groups in total. The van der Waals surface area contributed by atoms with Crippen LogP contribution in [0.15, 0.2) is 18.2 Å². The van der Waals surface area contributed by atoms with E-state index in [0.717, 1.165) is 24.1 Å². The van der Waals surface area contributed by atoms with E-state index >= 15 is 0 Å². The highest BCUT2D eigenvalue weighted by Gasteiger charge is 2.21. The summed E-state index contributed by atoms with van der Waals surface area (Å²) < 4.78 is 4.75. The summed E-state index contributed by atoms with van der Waals surface area (Å²) in [7, 11) is 1.38. The molecule has 6 nitrogen and oxygen atoms in total. The van der Waals surface area contributed by atoms with Gasteiger partial charge in [-0.15, -0.1) is 0 Å². The topological polar surface area (TPSA) is 70.7 Å². The molecular weight excluding hydrogens is 270 g/mol. The Kier molecular flexibility index (Phi) is 5.03. The zero-order valence-corrected chi connectivity index (χ0v) is 12.4. The lowest BCUT2D eigenvalue weighted by molar-refractivity contribution is 0.118. The fraction of sp³-hybridized carbons (Fsp3) is 0.467. The van der Waals surface area contributed by atoms with Gasteiger partial charge in [-0.2, -0.15) is 0 Å². The zero-order chi connectivity index (χ0) is 15.2. The van der Waals surface area contributed by atoms with Crippen LogP contribution in [0.25, 0.3) is 0 Å². The van der Waals surface area contributed by atoms with Crippen LogP contribution < -0.4 is 10.6 Å². The van der Waals surface area contributed by atoms with Gasteiger partial charge in [-0.1, -0.05) is 13.0 Å². The molecule has 3 amide bonds. The Bertz CT molecular complexity index is 531. The van der Waals surface area contributed by atoms with E-state index in [1.54, 1.807) is 4.90 Å². The number of fused-ring (bicyclic) bond motifs is 1. The summed E-state index contributed by atoms with van der Waals surface area (Å²) in [5, 5.41) is 5.56. The van der Waals surface area contributed by atoms with Gasteiger partial charge in [0.1, 0.15) is 0 Å². The van der Waals surface area contributed by atoms with Gasteiger partial charge in [-0.3, -0.25) is 0 Å². The van der Waals surface area contributed by atoms with E-state index in [4.69, 9.17) is 4.74 Å². The molecule has 0 fully saturated rings. The van der Waals surface area contributed by atoms with E-state index in [0.29, 0.717) is 19.6 Å². The third-order valence-corrected chi connectivity index (χ3v) is 3.44. The molecule has 21 heavy (non-hydrogen) atoms. The van der Waals surface area contributed by atoms with Gasteiger partial charge >= 0.3 is 12.1 Å². The highest BCUT2D eigenvalue weighted by molar-refractivity contribution is 5.89. The number of rotatable bonds is 3. The summed E-state index contributed by atoms with van der Waals surface area (Å²) in [6, 6.07) is 5.59. The summed E-state index contributed by atoms with van der Waals surface area (Å²) in [4.78, 5) is 24.9. The van der Waals surface area contributed by atoms with Crippen LogP contribution in [0.2, 0.25) is 0 Å². The Morgan fingerprint density at radius 3 is 2.86 bits per heavy atom. The number of ether oxygens (including phenoxy) is 1. The van der Waals surface area contributed by atoms with Crippen LogP contribution in [-0.4, -0.2) is 37.2 Å². The standard InChI is InChI=1S/C15H21N3O3/c1-3-7-16-14(19)17-13-5-4-11-6-8-18(15(20)21-2)10-12(11)9-13/h4-5,9H,3,6-8,10H2,1-2H3,(H2,16,17,19). The predicted octanol–water partition coefficient (Wildman–Crippen LogP) is 2.34. The van der Waals surface area contributed by atoms with Crippen molar-refractivity contribution in [3.05, 3.63) is 29.3 Å². The van der Waals surface area contributed by atoms with E-state index in [2.05, 4.69) is 10.6 Å². The second-order valence-electron chi connectivity index (χ2n) is 5.01. The first-order valence-corrected chi connectivity index (χ1v) is 7.13. The Morgan fingerprint density at radius 1 is 1.33 bits per heavy atom. The van der Waals surface area contributed by atoms with Crippen LogP contribution in [0.5, 0.6) is 0 Å². The lowest BCUT2D eigenvalue weighted by atomic mass is 9.99.